The molecule has 0 unspecified atom stereocenters. The molecule has 1 saturated carbocycles. The van der Waals surface area contributed by atoms with Gasteiger partial charge in [0.15, 0.2) is 17.3 Å². The van der Waals surface area contributed by atoms with E-state index in [-0.39, 0.29) is 0 Å². The molecule has 5 rings (SSSR count). The number of aryl methyl sites for hydroxylation is 3. The summed E-state index contributed by atoms with van der Waals surface area (Å²) in [6.45, 7) is 6.07. The maximum atomic E-state index is 4.71. The Labute approximate surface area is 151 Å². The van der Waals surface area contributed by atoms with Crippen molar-refractivity contribution in [3.63, 3.8) is 0 Å². The lowest BCUT2D eigenvalue weighted by atomic mass is 10.1. The van der Waals surface area contributed by atoms with Gasteiger partial charge in [0, 0.05) is 26.3 Å². The Hall–Kier alpha value is -2.77. The van der Waals surface area contributed by atoms with Crippen LogP contribution in [0.1, 0.15) is 42.3 Å². The average Bonchev–Trinajstić information content (AvgIpc) is 2.98. The van der Waals surface area contributed by atoms with Crippen LogP contribution >= 0.6 is 0 Å². The van der Waals surface area contributed by atoms with Gasteiger partial charge in [0.1, 0.15) is 0 Å². The van der Waals surface area contributed by atoms with Gasteiger partial charge >= 0.3 is 0 Å². The number of hydrogen-bond acceptors (Lipinski definition) is 6. The summed E-state index contributed by atoms with van der Waals surface area (Å²) in [5.74, 6) is 2.28. The van der Waals surface area contributed by atoms with Crippen LogP contribution < -0.4 is 4.90 Å². The van der Waals surface area contributed by atoms with Crippen LogP contribution in [0.15, 0.2) is 6.20 Å². The molecule has 2 aliphatic rings. The van der Waals surface area contributed by atoms with E-state index in [0.29, 0.717) is 11.2 Å². The number of rotatable bonds is 3. The summed E-state index contributed by atoms with van der Waals surface area (Å²) in [4.78, 5) is 15.9. The van der Waals surface area contributed by atoms with E-state index in [1.54, 1.807) is 0 Å². The lowest BCUT2D eigenvalue weighted by Gasteiger charge is -2.12. The summed E-state index contributed by atoms with van der Waals surface area (Å²) in [6, 6.07) is 0. The molecule has 26 heavy (non-hydrogen) atoms. The van der Waals surface area contributed by atoms with E-state index in [2.05, 4.69) is 25.1 Å². The standard InChI is InChI=1S/C18H22N8/c1-12-10-19-13(2)16-20-14(22-26(12)16)4-5-15-21-17(23-24(15)3)25-9-8-18(11-25)6-7-18/h4-5,10H,6-9,11H2,1-3H3. The summed E-state index contributed by atoms with van der Waals surface area (Å²) < 4.78 is 3.64. The van der Waals surface area contributed by atoms with Crippen molar-refractivity contribution < 1.29 is 0 Å². The van der Waals surface area contributed by atoms with E-state index in [0.717, 1.165) is 41.9 Å². The van der Waals surface area contributed by atoms with Crippen LogP contribution in [0.2, 0.25) is 0 Å². The molecule has 0 bridgehead atoms. The number of fused-ring (bicyclic) bond motifs is 1. The molecule has 0 aromatic carbocycles. The van der Waals surface area contributed by atoms with E-state index in [9.17, 15) is 0 Å². The molecule has 2 fully saturated rings. The van der Waals surface area contributed by atoms with Crippen molar-refractivity contribution >= 4 is 23.7 Å². The summed E-state index contributed by atoms with van der Waals surface area (Å²) >= 11 is 0. The van der Waals surface area contributed by atoms with Crippen molar-refractivity contribution in [1.82, 2.24) is 34.3 Å². The lowest BCUT2D eigenvalue weighted by Crippen LogP contribution is -2.21. The normalized spacial score (nSPS) is 18.7. The number of anilines is 1. The lowest BCUT2D eigenvalue weighted by molar-refractivity contribution is 0.580. The number of aromatic nitrogens is 7. The number of hydrogen-bond donors (Lipinski definition) is 0. The van der Waals surface area contributed by atoms with Crippen LogP contribution in [0.5, 0.6) is 0 Å². The van der Waals surface area contributed by atoms with Crippen molar-refractivity contribution in [1.29, 1.82) is 0 Å². The highest BCUT2D eigenvalue weighted by molar-refractivity contribution is 5.65. The van der Waals surface area contributed by atoms with E-state index in [1.807, 2.05) is 48.4 Å². The van der Waals surface area contributed by atoms with Crippen LogP contribution in [0.4, 0.5) is 5.95 Å². The van der Waals surface area contributed by atoms with Gasteiger partial charge in [-0.15, -0.1) is 10.2 Å². The first-order chi connectivity index (χ1) is 12.5. The SMILES string of the molecule is Cc1ncc(C)n2nc(C=Cc3nc(N4CCC5(CC5)C4)nn3C)nc12. The van der Waals surface area contributed by atoms with Crippen LogP contribution in [0, 0.1) is 19.3 Å². The van der Waals surface area contributed by atoms with Crippen LogP contribution in [0.25, 0.3) is 17.8 Å². The van der Waals surface area contributed by atoms with Gasteiger partial charge in [-0.25, -0.2) is 14.2 Å². The Morgan fingerprint density at radius 1 is 1.08 bits per heavy atom. The zero-order valence-corrected chi connectivity index (χ0v) is 15.3. The molecule has 1 saturated heterocycles. The first-order valence-corrected chi connectivity index (χ1v) is 9.06. The first-order valence-electron chi connectivity index (χ1n) is 9.06. The molecule has 134 valence electrons. The minimum atomic E-state index is 0.569. The Morgan fingerprint density at radius 3 is 2.65 bits per heavy atom. The zero-order valence-electron chi connectivity index (χ0n) is 15.3. The molecule has 0 atom stereocenters. The van der Waals surface area contributed by atoms with Crippen LogP contribution in [-0.2, 0) is 7.05 Å². The minimum Gasteiger partial charge on any atom is -0.339 e. The zero-order chi connectivity index (χ0) is 17.9. The summed E-state index contributed by atoms with van der Waals surface area (Å²) in [6.07, 6.45) is 9.60. The third-order valence-corrected chi connectivity index (χ3v) is 5.57. The van der Waals surface area contributed by atoms with Gasteiger partial charge in [0.25, 0.3) is 0 Å². The monoisotopic (exact) mass is 350 g/mol. The first kappa shape index (κ1) is 15.5. The highest BCUT2D eigenvalue weighted by Gasteiger charge is 2.48. The maximum absolute atomic E-state index is 4.71. The van der Waals surface area contributed by atoms with E-state index >= 15 is 0 Å². The molecule has 1 aliphatic heterocycles. The molecule has 3 aromatic heterocycles. The largest absolute Gasteiger partial charge is 0.339 e. The molecule has 4 heterocycles. The molecule has 8 nitrogen and oxygen atoms in total. The van der Waals surface area contributed by atoms with Crippen molar-refractivity contribution in [2.75, 3.05) is 18.0 Å². The van der Waals surface area contributed by atoms with Gasteiger partial charge in [0.2, 0.25) is 5.95 Å². The van der Waals surface area contributed by atoms with Crippen LogP contribution in [0.3, 0.4) is 0 Å². The maximum Gasteiger partial charge on any atom is 0.245 e. The van der Waals surface area contributed by atoms with Crippen molar-refractivity contribution in [2.45, 2.75) is 33.1 Å². The van der Waals surface area contributed by atoms with Gasteiger partial charge in [-0.3, -0.25) is 4.98 Å². The third kappa shape index (κ3) is 2.48. The Kier molecular flexibility index (Phi) is 3.19. The average molecular weight is 350 g/mol. The quantitative estimate of drug-likeness (QED) is 0.719. The molecule has 0 N–H and O–H groups in total. The molecule has 0 amide bonds. The molecular weight excluding hydrogens is 328 g/mol. The van der Waals surface area contributed by atoms with E-state index < -0.39 is 0 Å². The van der Waals surface area contributed by atoms with Gasteiger partial charge in [-0.05, 0) is 50.7 Å². The molecular formula is C18H22N8. The van der Waals surface area contributed by atoms with Crippen LogP contribution in [-0.4, -0.2) is 47.4 Å². The summed E-state index contributed by atoms with van der Waals surface area (Å²) in [5.41, 5.74) is 3.18. The Bertz CT molecular complexity index is 984. The third-order valence-electron chi connectivity index (χ3n) is 5.57. The molecule has 0 radical (unpaired) electrons. The Morgan fingerprint density at radius 2 is 1.92 bits per heavy atom. The fourth-order valence-electron chi connectivity index (χ4n) is 3.68. The molecule has 8 heteroatoms. The van der Waals surface area contributed by atoms with Crippen molar-refractivity contribution in [3.8, 4) is 0 Å². The second-order valence-corrected chi connectivity index (χ2v) is 7.59. The van der Waals surface area contributed by atoms with Crippen molar-refractivity contribution in [3.05, 3.63) is 29.2 Å². The predicted molar refractivity (Wildman–Crippen MR) is 98.7 cm³/mol. The second kappa shape index (κ2) is 5.36. The smallest absolute Gasteiger partial charge is 0.245 e. The van der Waals surface area contributed by atoms with E-state index in [1.165, 1.54) is 19.3 Å². The minimum absolute atomic E-state index is 0.569. The van der Waals surface area contributed by atoms with Gasteiger partial charge in [-0.2, -0.15) is 4.98 Å². The highest BCUT2D eigenvalue weighted by Crippen LogP contribution is 2.53. The number of nitrogens with zero attached hydrogens (tertiary/aromatic N) is 8. The Balaban J connectivity index is 1.41. The predicted octanol–water partition coefficient (Wildman–Crippen LogP) is 2.03. The summed E-state index contributed by atoms with van der Waals surface area (Å²) in [7, 11) is 1.93. The fraction of sp³-hybridized carbons (Fsp3) is 0.500. The molecule has 3 aromatic rings. The van der Waals surface area contributed by atoms with Gasteiger partial charge in [0.05, 0.1) is 11.4 Å². The topological polar surface area (TPSA) is 77.0 Å². The van der Waals surface area contributed by atoms with Gasteiger partial charge < -0.3 is 4.90 Å². The molecule has 1 aliphatic carbocycles. The van der Waals surface area contributed by atoms with E-state index in [4.69, 9.17) is 4.98 Å². The highest BCUT2D eigenvalue weighted by atomic mass is 15.4. The fourth-order valence-corrected chi connectivity index (χ4v) is 3.68. The van der Waals surface area contributed by atoms with Gasteiger partial charge in [-0.1, -0.05) is 0 Å². The summed E-state index contributed by atoms with van der Waals surface area (Å²) in [5, 5.41) is 9.13. The second-order valence-electron chi connectivity index (χ2n) is 7.59. The molecule has 1 spiro atoms. The van der Waals surface area contributed by atoms with Crippen molar-refractivity contribution in [2.24, 2.45) is 12.5 Å².